The molecule has 0 radical (unpaired) electrons. The van der Waals surface area contributed by atoms with Crippen molar-refractivity contribution in [2.75, 3.05) is 33.4 Å². The average molecular weight is 323 g/mol. The van der Waals surface area contributed by atoms with Crippen molar-refractivity contribution in [3.63, 3.8) is 0 Å². The largest absolute Gasteiger partial charge is 0.384 e. The highest BCUT2D eigenvalue weighted by atomic mass is 16.5. The number of rotatable bonds is 6. The maximum absolute atomic E-state index is 12.3. The molecule has 1 atom stereocenters. The Hall–Kier alpha value is -1.51. The summed E-state index contributed by atoms with van der Waals surface area (Å²) in [6.45, 7) is 3.85. The summed E-state index contributed by atoms with van der Waals surface area (Å²) in [5.41, 5.74) is 0.284. The van der Waals surface area contributed by atoms with Gasteiger partial charge in [-0.3, -0.25) is 4.79 Å². The first-order valence-corrected chi connectivity index (χ1v) is 8.23. The first-order chi connectivity index (χ1) is 11.2. The molecular weight excluding hydrogens is 298 g/mol. The molecule has 3 rings (SSSR count). The number of hydrogen-bond acceptors (Lipinski definition) is 7. The fourth-order valence-corrected chi connectivity index (χ4v) is 3.38. The van der Waals surface area contributed by atoms with Gasteiger partial charge in [0.1, 0.15) is 0 Å². The lowest BCUT2D eigenvalue weighted by atomic mass is 9.77. The van der Waals surface area contributed by atoms with Crippen molar-refractivity contribution in [1.82, 2.24) is 26.1 Å². The number of carbonyl (C=O) groups is 1. The molecule has 0 aromatic carbocycles. The number of ether oxygens (including phenoxy) is 1. The van der Waals surface area contributed by atoms with Crippen molar-refractivity contribution in [3.05, 3.63) is 11.7 Å². The Morgan fingerprint density at radius 1 is 1.48 bits per heavy atom. The SMILES string of the molecule is COCCc1nc(CNC(=O)[C@@H]2CC3(CCNCC3)CN2)no1. The zero-order chi connectivity index (χ0) is 16.1. The van der Waals surface area contributed by atoms with Gasteiger partial charge in [0.15, 0.2) is 5.82 Å². The summed E-state index contributed by atoms with van der Waals surface area (Å²) < 4.78 is 10.1. The molecule has 128 valence electrons. The van der Waals surface area contributed by atoms with Crippen LogP contribution >= 0.6 is 0 Å². The molecule has 0 unspecified atom stereocenters. The van der Waals surface area contributed by atoms with Crippen molar-refractivity contribution in [2.24, 2.45) is 5.41 Å². The monoisotopic (exact) mass is 323 g/mol. The normalized spacial score (nSPS) is 23.3. The summed E-state index contributed by atoms with van der Waals surface area (Å²) in [4.78, 5) is 16.6. The number of aromatic nitrogens is 2. The van der Waals surface area contributed by atoms with Crippen LogP contribution < -0.4 is 16.0 Å². The van der Waals surface area contributed by atoms with E-state index in [2.05, 4.69) is 26.1 Å². The van der Waals surface area contributed by atoms with Gasteiger partial charge < -0.3 is 25.2 Å². The van der Waals surface area contributed by atoms with E-state index in [1.807, 2.05) is 0 Å². The molecule has 8 nitrogen and oxygen atoms in total. The molecule has 8 heteroatoms. The van der Waals surface area contributed by atoms with Crippen molar-refractivity contribution >= 4 is 5.91 Å². The molecule has 2 fully saturated rings. The van der Waals surface area contributed by atoms with E-state index >= 15 is 0 Å². The van der Waals surface area contributed by atoms with E-state index in [4.69, 9.17) is 9.26 Å². The van der Waals surface area contributed by atoms with Crippen LogP contribution in [0.4, 0.5) is 0 Å². The molecular formula is C15H25N5O3. The molecule has 0 aliphatic carbocycles. The summed E-state index contributed by atoms with van der Waals surface area (Å²) in [5, 5.41) is 13.5. The molecule has 0 bridgehead atoms. The smallest absolute Gasteiger partial charge is 0.237 e. The number of methoxy groups -OCH3 is 1. The van der Waals surface area contributed by atoms with Crippen molar-refractivity contribution < 1.29 is 14.1 Å². The van der Waals surface area contributed by atoms with E-state index in [1.165, 1.54) is 0 Å². The van der Waals surface area contributed by atoms with E-state index in [0.29, 0.717) is 31.3 Å². The second kappa shape index (κ2) is 7.37. The van der Waals surface area contributed by atoms with Gasteiger partial charge in [0.05, 0.1) is 25.6 Å². The van der Waals surface area contributed by atoms with Gasteiger partial charge in [-0.2, -0.15) is 4.98 Å². The quantitative estimate of drug-likeness (QED) is 0.655. The Kier molecular flexibility index (Phi) is 5.24. The summed E-state index contributed by atoms with van der Waals surface area (Å²) in [5.74, 6) is 1.05. The molecule has 3 N–H and O–H groups in total. The minimum Gasteiger partial charge on any atom is -0.384 e. The van der Waals surface area contributed by atoms with Crippen LogP contribution in [0.25, 0.3) is 0 Å². The first kappa shape index (κ1) is 16.4. The zero-order valence-corrected chi connectivity index (χ0v) is 13.6. The van der Waals surface area contributed by atoms with Gasteiger partial charge in [0.2, 0.25) is 11.8 Å². The lowest BCUT2D eigenvalue weighted by Crippen LogP contribution is -2.40. The van der Waals surface area contributed by atoms with E-state index in [9.17, 15) is 4.79 Å². The summed E-state index contributed by atoms with van der Waals surface area (Å²) in [7, 11) is 1.63. The molecule has 1 amide bonds. The minimum atomic E-state index is -0.118. The lowest BCUT2D eigenvalue weighted by molar-refractivity contribution is -0.123. The maximum atomic E-state index is 12.3. The Labute approximate surface area is 135 Å². The number of amides is 1. The van der Waals surface area contributed by atoms with E-state index in [0.717, 1.165) is 38.9 Å². The maximum Gasteiger partial charge on any atom is 0.237 e. The molecule has 1 aromatic rings. The number of hydrogen-bond donors (Lipinski definition) is 3. The molecule has 0 saturated carbocycles. The molecule has 23 heavy (non-hydrogen) atoms. The molecule has 2 aliphatic rings. The predicted molar refractivity (Wildman–Crippen MR) is 82.7 cm³/mol. The highest BCUT2D eigenvalue weighted by Gasteiger charge is 2.42. The standard InChI is InChI=1S/C15H25N5O3/c1-22-7-2-13-19-12(20-23-13)9-17-14(21)11-8-15(10-18-11)3-5-16-6-4-15/h11,16,18H,2-10H2,1H3,(H,17,21)/t11-/m0/s1. The average Bonchev–Trinajstić information content (AvgIpc) is 3.19. The van der Waals surface area contributed by atoms with Gasteiger partial charge in [-0.15, -0.1) is 0 Å². The van der Waals surface area contributed by atoms with Crippen LogP contribution in [0.3, 0.4) is 0 Å². The van der Waals surface area contributed by atoms with Crippen LogP contribution in [0.2, 0.25) is 0 Å². The van der Waals surface area contributed by atoms with Gasteiger partial charge in [-0.1, -0.05) is 5.16 Å². The molecule has 1 aromatic heterocycles. The van der Waals surface area contributed by atoms with Crippen molar-refractivity contribution in [2.45, 2.75) is 38.3 Å². The molecule has 3 heterocycles. The Bertz CT molecular complexity index is 527. The van der Waals surface area contributed by atoms with Crippen LogP contribution in [0, 0.1) is 5.41 Å². The van der Waals surface area contributed by atoms with E-state index < -0.39 is 0 Å². The van der Waals surface area contributed by atoms with Gasteiger partial charge in [-0.05, 0) is 37.8 Å². The second-order valence-electron chi connectivity index (χ2n) is 6.45. The topological polar surface area (TPSA) is 101 Å². The van der Waals surface area contributed by atoms with Crippen LogP contribution in [0.15, 0.2) is 4.52 Å². The van der Waals surface area contributed by atoms with Crippen LogP contribution in [-0.4, -0.2) is 55.4 Å². The van der Waals surface area contributed by atoms with Crippen LogP contribution in [0.1, 0.15) is 31.0 Å². The fraction of sp³-hybridized carbons (Fsp3) is 0.800. The summed E-state index contributed by atoms with van der Waals surface area (Å²) >= 11 is 0. The predicted octanol–water partition coefficient (Wildman–Crippen LogP) is -0.394. The lowest BCUT2D eigenvalue weighted by Gasteiger charge is -2.33. The molecule has 1 spiro atoms. The first-order valence-electron chi connectivity index (χ1n) is 8.23. The van der Waals surface area contributed by atoms with E-state index in [-0.39, 0.29) is 17.4 Å². The summed E-state index contributed by atoms with van der Waals surface area (Å²) in [6.07, 6.45) is 3.76. The van der Waals surface area contributed by atoms with Gasteiger partial charge in [0.25, 0.3) is 0 Å². The molecule has 2 saturated heterocycles. The zero-order valence-electron chi connectivity index (χ0n) is 13.6. The Balaban J connectivity index is 1.45. The van der Waals surface area contributed by atoms with Gasteiger partial charge >= 0.3 is 0 Å². The van der Waals surface area contributed by atoms with Gasteiger partial charge in [0, 0.05) is 13.7 Å². The molecule has 2 aliphatic heterocycles. The third kappa shape index (κ3) is 4.07. The fourth-order valence-electron chi connectivity index (χ4n) is 3.38. The number of nitrogens with zero attached hydrogens (tertiary/aromatic N) is 2. The number of nitrogens with one attached hydrogen (secondary N) is 3. The second-order valence-corrected chi connectivity index (χ2v) is 6.45. The minimum absolute atomic E-state index is 0.0173. The Morgan fingerprint density at radius 3 is 3.09 bits per heavy atom. The summed E-state index contributed by atoms with van der Waals surface area (Å²) in [6, 6.07) is -0.118. The van der Waals surface area contributed by atoms with Crippen LogP contribution in [0.5, 0.6) is 0 Å². The van der Waals surface area contributed by atoms with Gasteiger partial charge in [-0.25, -0.2) is 0 Å². The highest BCUT2D eigenvalue weighted by molar-refractivity contribution is 5.82. The highest BCUT2D eigenvalue weighted by Crippen LogP contribution is 2.37. The van der Waals surface area contributed by atoms with Crippen molar-refractivity contribution in [3.8, 4) is 0 Å². The van der Waals surface area contributed by atoms with E-state index in [1.54, 1.807) is 7.11 Å². The third-order valence-corrected chi connectivity index (χ3v) is 4.79. The number of carbonyl (C=O) groups excluding carboxylic acids is 1. The van der Waals surface area contributed by atoms with Crippen molar-refractivity contribution in [1.29, 1.82) is 0 Å². The Morgan fingerprint density at radius 2 is 2.30 bits per heavy atom. The van der Waals surface area contributed by atoms with Crippen LogP contribution in [-0.2, 0) is 22.5 Å². The third-order valence-electron chi connectivity index (χ3n) is 4.79. The number of piperidine rings is 1.